The van der Waals surface area contributed by atoms with Crippen LogP contribution in [-0.4, -0.2) is 18.1 Å². The summed E-state index contributed by atoms with van der Waals surface area (Å²) in [6, 6.07) is 11.1. The molecule has 2 aromatic rings. The Morgan fingerprint density at radius 3 is 2.74 bits per heavy atom. The molecule has 1 aromatic heterocycles. The van der Waals surface area contributed by atoms with Crippen LogP contribution in [-0.2, 0) is 5.88 Å². The molecule has 3 heteroatoms. The Balaban J connectivity index is 2.09. The lowest BCUT2D eigenvalue weighted by molar-refractivity contribution is 0.654. The molecule has 0 aliphatic heterocycles. The van der Waals surface area contributed by atoms with Gasteiger partial charge in [-0.05, 0) is 25.0 Å². The normalized spacial score (nSPS) is 16.1. The lowest BCUT2D eigenvalue weighted by Crippen LogP contribution is -2.29. The summed E-state index contributed by atoms with van der Waals surface area (Å²) < 4.78 is 0. The van der Waals surface area contributed by atoms with Crippen LogP contribution in [0.2, 0.25) is 0 Å². The molecule has 0 spiro atoms. The molecular formula is C16H19ClN2. The maximum absolute atomic E-state index is 5.98. The number of alkyl halides is 1. The molecule has 0 bridgehead atoms. The summed E-state index contributed by atoms with van der Waals surface area (Å²) in [6.45, 7) is 0. The number of benzene rings is 1. The van der Waals surface area contributed by atoms with Gasteiger partial charge in [0.15, 0.2) is 0 Å². The van der Waals surface area contributed by atoms with E-state index in [4.69, 9.17) is 11.6 Å². The van der Waals surface area contributed by atoms with Crippen molar-refractivity contribution in [3.05, 3.63) is 36.0 Å². The van der Waals surface area contributed by atoms with Crippen LogP contribution in [0.4, 0.5) is 5.69 Å². The fourth-order valence-corrected chi connectivity index (χ4v) is 3.20. The summed E-state index contributed by atoms with van der Waals surface area (Å²) >= 11 is 5.98. The number of rotatable bonds is 3. The van der Waals surface area contributed by atoms with Crippen LogP contribution in [0.1, 0.15) is 31.4 Å². The highest BCUT2D eigenvalue weighted by atomic mass is 35.5. The maximum atomic E-state index is 5.98. The van der Waals surface area contributed by atoms with Crippen molar-refractivity contribution < 1.29 is 0 Å². The SMILES string of the molecule is CN(c1cc(CCl)nc2ccccc12)C1CCCC1. The van der Waals surface area contributed by atoms with Gasteiger partial charge in [0.1, 0.15) is 0 Å². The predicted molar refractivity (Wildman–Crippen MR) is 82.0 cm³/mol. The molecule has 1 aliphatic carbocycles. The molecule has 1 aliphatic rings. The second-order valence-electron chi connectivity index (χ2n) is 5.33. The monoisotopic (exact) mass is 274 g/mol. The quantitative estimate of drug-likeness (QED) is 0.774. The topological polar surface area (TPSA) is 16.1 Å². The lowest BCUT2D eigenvalue weighted by Gasteiger charge is -2.28. The molecule has 0 unspecified atom stereocenters. The summed E-state index contributed by atoms with van der Waals surface area (Å²) in [4.78, 5) is 7.03. The van der Waals surface area contributed by atoms with Gasteiger partial charge in [0.25, 0.3) is 0 Å². The van der Waals surface area contributed by atoms with E-state index in [9.17, 15) is 0 Å². The summed E-state index contributed by atoms with van der Waals surface area (Å²) in [5.74, 6) is 0.469. The van der Waals surface area contributed by atoms with Gasteiger partial charge in [-0.25, -0.2) is 0 Å². The van der Waals surface area contributed by atoms with E-state index >= 15 is 0 Å². The van der Waals surface area contributed by atoms with Gasteiger partial charge in [0.2, 0.25) is 0 Å². The number of hydrogen-bond donors (Lipinski definition) is 0. The van der Waals surface area contributed by atoms with Crippen LogP contribution in [0.3, 0.4) is 0 Å². The first-order chi connectivity index (χ1) is 9.29. The lowest BCUT2D eigenvalue weighted by atomic mass is 10.1. The Kier molecular flexibility index (Phi) is 3.61. The Morgan fingerprint density at radius 1 is 1.26 bits per heavy atom. The van der Waals surface area contributed by atoms with Gasteiger partial charge < -0.3 is 4.90 Å². The van der Waals surface area contributed by atoms with E-state index in [0.717, 1.165) is 11.2 Å². The Labute approximate surface area is 119 Å². The van der Waals surface area contributed by atoms with Crippen LogP contribution < -0.4 is 4.90 Å². The average molecular weight is 275 g/mol. The van der Waals surface area contributed by atoms with E-state index in [1.54, 1.807) is 0 Å². The van der Waals surface area contributed by atoms with E-state index in [2.05, 4.69) is 41.2 Å². The standard InChI is InChI=1S/C16H19ClN2/c1-19(13-6-2-3-7-13)16-10-12(11-17)18-15-9-5-4-8-14(15)16/h4-5,8-10,13H,2-3,6-7,11H2,1H3. The molecule has 1 fully saturated rings. The highest BCUT2D eigenvalue weighted by Crippen LogP contribution is 2.32. The highest BCUT2D eigenvalue weighted by molar-refractivity contribution is 6.17. The molecule has 0 saturated heterocycles. The third-order valence-electron chi connectivity index (χ3n) is 4.14. The minimum atomic E-state index is 0.469. The van der Waals surface area contributed by atoms with Crippen molar-refractivity contribution >= 4 is 28.2 Å². The number of nitrogens with zero attached hydrogens (tertiary/aromatic N) is 2. The average Bonchev–Trinajstić information content (AvgIpc) is 2.99. The Morgan fingerprint density at radius 2 is 2.00 bits per heavy atom. The van der Waals surface area contributed by atoms with Crippen LogP contribution >= 0.6 is 11.6 Å². The molecule has 0 amide bonds. The molecule has 100 valence electrons. The third kappa shape index (κ3) is 2.42. The number of para-hydroxylation sites is 1. The predicted octanol–water partition coefficient (Wildman–Crippen LogP) is 4.35. The third-order valence-corrected chi connectivity index (χ3v) is 4.41. The molecular weight excluding hydrogens is 256 g/mol. The van der Waals surface area contributed by atoms with Gasteiger partial charge >= 0.3 is 0 Å². The molecule has 0 radical (unpaired) electrons. The van der Waals surface area contributed by atoms with Crippen LogP contribution in [0.25, 0.3) is 10.9 Å². The minimum Gasteiger partial charge on any atom is -0.371 e. The van der Waals surface area contributed by atoms with Crippen molar-refractivity contribution in [3.8, 4) is 0 Å². The number of halogens is 1. The molecule has 3 rings (SSSR count). The first kappa shape index (κ1) is 12.7. The zero-order valence-electron chi connectivity index (χ0n) is 11.3. The molecule has 1 aromatic carbocycles. The highest BCUT2D eigenvalue weighted by Gasteiger charge is 2.21. The van der Waals surface area contributed by atoms with Crippen molar-refractivity contribution in [1.29, 1.82) is 0 Å². The second-order valence-corrected chi connectivity index (χ2v) is 5.60. The first-order valence-electron chi connectivity index (χ1n) is 6.97. The number of pyridine rings is 1. The van der Waals surface area contributed by atoms with Crippen LogP contribution in [0, 0.1) is 0 Å². The van der Waals surface area contributed by atoms with Crippen molar-refractivity contribution in [3.63, 3.8) is 0 Å². The van der Waals surface area contributed by atoms with Crippen LogP contribution in [0.5, 0.6) is 0 Å². The zero-order valence-corrected chi connectivity index (χ0v) is 12.0. The Hall–Kier alpha value is -1.28. The molecule has 2 nitrogen and oxygen atoms in total. The van der Waals surface area contributed by atoms with Crippen molar-refractivity contribution in [2.24, 2.45) is 0 Å². The second kappa shape index (κ2) is 5.38. The van der Waals surface area contributed by atoms with Gasteiger partial charge in [0.05, 0.1) is 17.1 Å². The fraction of sp³-hybridized carbons (Fsp3) is 0.438. The largest absolute Gasteiger partial charge is 0.371 e. The number of anilines is 1. The summed E-state index contributed by atoms with van der Waals surface area (Å²) in [6.07, 6.45) is 5.29. The summed E-state index contributed by atoms with van der Waals surface area (Å²) in [5, 5.41) is 1.23. The zero-order chi connectivity index (χ0) is 13.2. The molecule has 1 saturated carbocycles. The van der Waals surface area contributed by atoms with Crippen molar-refractivity contribution in [1.82, 2.24) is 4.98 Å². The van der Waals surface area contributed by atoms with Crippen LogP contribution in [0.15, 0.2) is 30.3 Å². The molecule has 0 N–H and O–H groups in total. The fourth-order valence-electron chi connectivity index (χ4n) is 3.06. The van der Waals surface area contributed by atoms with Gasteiger partial charge in [-0.1, -0.05) is 31.0 Å². The number of hydrogen-bond acceptors (Lipinski definition) is 2. The first-order valence-corrected chi connectivity index (χ1v) is 7.50. The minimum absolute atomic E-state index is 0.469. The van der Waals surface area contributed by atoms with Crippen molar-refractivity contribution in [2.45, 2.75) is 37.6 Å². The van der Waals surface area contributed by atoms with Gasteiger partial charge in [-0.15, -0.1) is 11.6 Å². The Bertz CT molecular complexity index is 576. The van der Waals surface area contributed by atoms with E-state index in [1.807, 2.05) is 6.07 Å². The maximum Gasteiger partial charge on any atom is 0.0726 e. The molecule has 0 atom stereocenters. The summed E-state index contributed by atoms with van der Waals surface area (Å²) in [7, 11) is 2.20. The van der Waals surface area contributed by atoms with Gasteiger partial charge in [0, 0.05) is 24.2 Å². The van der Waals surface area contributed by atoms with E-state index < -0.39 is 0 Å². The van der Waals surface area contributed by atoms with E-state index in [-0.39, 0.29) is 0 Å². The summed E-state index contributed by atoms with van der Waals surface area (Å²) in [5.41, 5.74) is 3.27. The molecule has 19 heavy (non-hydrogen) atoms. The smallest absolute Gasteiger partial charge is 0.0726 e. The number of fused-ring (bicyclic) bond motifs is 1. The number of aromatic nitrogens is 1. The van der Waals surface area contributed by atoms with Gasteiger partial charge in [-0.3, -0.25) is 4.98 Å². The molecule has 1 heterocycles. The van der Waals surface area contributed by atoms with E-state index in [1.165, 1.54) is 36.8 Å². The van der Waals surface area contributed by atoms with Gasteiger partial charge in [-0.2, -0.15) is 0 Å². The van der Waals surface area contributed by atoms with Crippen molar-refractivity contribution in [2.75, 3.05) is 11.9 Å². The van der Waals surface area contributed by atoms with E-state index in [0.29, 0.717) is 11.9 Å².